The Morgan fingerprint density at radius 2 is 1.79 bits per heavy atom. The van der Waals surface area contributed by atoms with Gasteiger partial charge in [0.1, 0.15) is 5.82 Å². The number of nitrogens with zero attached hydrogens (tertiary/aromatic N) is 2. The number of amides is 1. The molecule has 3 fully saturated rings. The van der Waals surface area contributed by atoms with Gasteiger partial charge in [-0.05, 0) is 73.9 Å². The minimum absolute atomic E-state index is 0.128. The topological polar surface area (TPSA) is 42.4 Å². The van der Waals surface area contributed by atoms with Crippen molar-refractivity contribution < 1.29 is 13.9 Å². The van der Waals surface area contributed by atoms with Crippen molar-refractivity contribution >= 4 is 16.7 Å². The van der Waals surface area contributed by atoms with Gasteiger partial charge in [-0.1, -0.05) is 36.4 Å². The smallest absolute Gasteiger partial charge is 0.234 e. The predicted molar refractivity (Wildman–Crippen MR) is 130 cm³/mol. The second kappa shape index (κ2) is 8.77. The molecule has 0 radical (unpaired) electrons. The van der Waals surface area contributed by atoms with Crippen molar-refractivity contribution in [2.75, 3.05) is 13.2 Å². The molecule has 6 rings (SSSR count). The summed E-state index contributed by atoms with van der Waals surface area (Å²) >= 11 is 0. The summed E-state index contributed by atoms with van der Waals surface area (Å²) in [5.74, 6) is 0.410. The third kappa shape index (κ3) is 3.61. The molecule has 2 atom stereocenters. The Labute approximate surface area is 200 Å². The van der Waals surface area contributed by atoms with Crippen LogP contribution in [-0.2, 0) is 21.4 Å². The standard InChI is InChI=1S/C29H31FN2O2/c30-27-7-2-1-6-26(27)29(11-14-34-15-12-29)28(33)32-23-8-9-24(32)18-20(17-23)16-21-4-3-5-22-19-31-13-10-25(21)22/h1-7,10,13,19-20,23-24H,8-9,11-12,14-18H2. The van der Waals surface area contributed by atoms with E-state index in [0.29, 0.717) is 37.5 Å². The molecule has 4 heterocycles. The molecule has 176 valence electrons. The van der Waals surface area contributed by atoms with Crippen molar-refractivity contribution in [1.29, 1.82) is 0 Å². The molecule has 2 bridgehead atoms. The van der Waals surface area contributed by atoms with Crippen molar-refractivity contribution in [2.24, 2.45) is 5.92 Å². The summed E-state index contributed by atoms with van der Waals surface area (Å²) < 4.78 is 20.6. The van der Waals surface area contributed by atoms with Crippen LogP contribution in [0.25, 0.3) is 10.8 Å². The van der Waals surface area contributed by atoms with Crippen LogP contribution in [0.4, 0.5) is 4.39 Å². The molecule has 3 aliphatic heterocycles. The summed E-state index contributed by atoms with van der Waals surface area (Å²) in [5.41, 5.74) is 1.12. The molecule has 1 amide bonds. The molecular weight excluding hydrogens is 427 g/mol. The molecule has 0 saturated carbocycles. The fourth-order valence-corrected chi connectivity index (χ4v) is 6.88. The van der Waals surface area contributed by atoms with Gasteiger partial charge < -0.3 is 9.64 Å². The van der Waals surface area contributed by atoms with Gasteiger partial charge in [0.05, 0.1) is 5.41 Å². The third-order valence-corrected chi connectivity index (χ3v) is 8.49. The van der Waals surface area contributed by atoms with Crippen LogP contribution in [0.3, 0.4) is 0 Å². The van der Waals surface area contributed by atoms with Crippen molar-refractivity contribution in [3.05, 3.63) is 77.9 Å². The first kappa shape index (κ1) is 21.7. The SMILES string of the molecule is O=C(N1C2CCC1CC(Cc1cccc3cnccc13)C2)C1(c2ccccc2F)CCOCC1. The number of carbonyl (C=O) groups is 1. The fraction of sp³-hybridized carbons (Fsp3) is 0.448. The number of ether oxygens (including phenoxy) is 1. The van der Waals surface area contributed by atoms with E-state index < -0.39 is 5.41 Å². The van der Waals surface area contributed by atoms with E-state index in [-0.39, 0.29) is 23.8 Å². The predicted octanol–water partition coefficient (Wildman–Crippen LogP) is 5.43. The Hall–Kier alpha value is -2.79. The summed E-state index contributed by atoms with van der Waals surface area (Å²) in [6.07, 6.45) is 10.1. The van der Waals surface area contributed by atoms with Gasteiger partial charge in [-0.15, -0.1) is 0 Å². The van der Waals surface area contributed by atoms with E-state index in [9.17, 15) is 9.18 Å². The van der Waals surface area contributed by atoms with Crippen LogP contribution in [-0.4, -0.2) is 41.1 Å². The lowest BCUT2D eigenvalue weighted by Crippen LogP contribution is -2.56. The Morgan fingerprint density at radius 1 is 1.03 bits per heavy atom. The van der Waals surface area contributed by atoms with Crippen molar-refractivity contribution in [3.63, 3.8) is 0 Å². The van der Waals surface area contributed by atoms with Crippen molar-refractivity contribution in [2.45, 2.75) is 62.4 Å². The van der Waals surface area contributed by atoms with Crippen molar-refractivity contribution in [3.8, 4) is 0 Å². The van der Waals surface area contributed by atoms with Crippen LogP contribution in [0.15, 0.2) is 60.9 Å². The molecule has 4 nitrogen and oxygen atoms in total. The molecule has 3 saturated heterocycles. The van der Waals surface area contributed by atoms with Gasteiger partial charge in [-0.2, -0.15) is 0 Å². The monoisotopic (exact) mass is 458 g/mol. The van der Waals surface area contributed by atoms with E-state index >= 15 is 0 Å². The fourth-order valence-electron chi connectivity index (χ4n) is 6.88. The summed E-state index contributed by atoms with van der Waals surface area (Å²) in [6, 6.07) is 15.9. The molecule has 0 spiro atoms. The van der Waals surface area contributed by atoms with Gasteiger partial charge >= 0.3 is 0 Å². The molecule has 3 aromatic rings. The highest BCUT2D eigenvalue weighted by molar-refractivity contribution is 5.89. The van der Waals surface area contributed by atoms with E-state index in [0.717, 1.165) is 32.1 Å². The van der Waals surface area contributed by atoms with Crippen LogP contribution < -0.4 is 0 Å². The van der Waals surface area contributed by atoms with Crippen LogP contribution >= 0.6 is 0 Å². The Kier molecular flexibility index (Phi) is 5.60. The number of hydrogen-bond donors (Lipinski definition) is 0. The summed E-state index contributed by atoms with van der Waals surface area (Å²) in [6.45, 7) is 1.00. The summed E-state index contributed by atoms with van der Waals surface area (Å²) in [7, 11) is 0. The normalized spacial score (nSPS) is 26.0. The number of rotatable bonds is 4. The van der Waals surface area contributed by atoms with E-state index in [1.165, 1.54) is 22.4 Å². The second-order valence-corrected chi connectivity index (χ2v) is 10.3. The molecule has 2 unspecified atom stereocenters. The zero-order valence-corrected chi connectivity index (χ0v) is 19.5. The van der Waals surface area contributed by atoms with Crippen molar-refractivity contribution in [1.82, 2.24) is 9.88 Å². The van der Waals surface area contributed by atoms with Gasteiger partial charge in [0.25, 0.3) is 0 Å². The minimum Gasteiger partial charge on any atom is -0.381 e. The average molecular weight is 459 g/mol. The lowest BCUT2D eigenvalue weighted by Gasteiger charge is -2.46. The maximum absolute atomic E-state index is 15.0. The summed E-state index contributed by atoms with van der Waals surface area (Å²) in [4.78, 5) is 20.7. The zero-order valence-electron chi connectivity index (χ0n) is 19.5. The van der Waals surface area contributed by atoms with E-state index in [4.69, 9.17) is 4.74 Å². The molecule has 1 aromatic heterocycles. The zero-order chi connectivity index (χ0) is 23.1. The first-order chi connectivity index (χ1) is 16.7. The maximum Gasteiger partial charge on any atom is 0.234 e. The number of pyridine rings is 1. The second-order valence-electron chi connectivity index (χ2n) is 10.3. The number of hydrogen-bond acceptors (Lipinski definition) is 3. The third-order valence-electron chi connectivity index (χ3n) is 8.49. The van der Waals surface area contributed by atoms with Crippen LogP contribution in [0, 0.1) is 11.7 Å². The lowest BCUT2D eigenvalue weighted by atomic mass is 9.71. The molecule has 34 heavy (non-hydrogen) atoms. The van der Waals surface area contributed by atoms with E-state index in [2.05, 4.69) is 34.1 Å². The molecule has 0 aliphatic carbocycles. The highest BCUT2D eigenvalue weighted by Gasteiger charge is 2.52. The number of aromatic nitrogens is 1. The van der Waals surface area contributed by atoms with Gasteiger partial charge in [-0.25, -0.2) is 4.39 Å². The average Bonchev–Trinajstić information content (AvgIpc) is 3.14. The Bertz CT molecular complexity index is 1190. The molecule has 2 aromatic carbocycles. The van der Waals surface area contributed by atoms with Gasteiger partial charge in [0, 0.05) is 48.6 Å². The highest BCUT2D eigenvalue weighted by atomic mass is 19.1. The largest absolute Gasteiger partial charge is 0.381 e. The number of benzene rings is 2. The Balaban J connectivity index is 1.26. The minimum atomic E-state index is -0.806. The van der Waals surface area contributed by atoms with E-state index in [1.54, 1.807) is 6.07 Å². The maximum atomic E-state index is 15.0. The van der Waals surface area contributed by atoms with Crippen LogP contribution in [0.1, 0.15) is 49.7 Å². The Morgan fingerprint density at radius 3 is 2.56 bits per heavy atom. The molecule has 5 heteroatoms. The lowest BCUT2D eigenvalue weighted by molar-refractivity contribution is -0.147. The first-order valence-electron chi connectivity index (χ1n) is 12.6. The number of halogens is 1. The molecular formula is C29H31FN2O2. The number of fused-ring (bicyclic) bond motifs is 3. The van der Waals surface area contributed by atoms with E-state index in [1.807, 2.05) is 24.5 Å². The number of carbonyl (C=O) groups excluding carboxylic acids is 1. The molecule has 3 aliphatic rings. The van der Waals surface area contributed by atoms with Gasteiger partial charge in [0.15, 0.2) is 0 Å². The van der Waals surface area contributed by atoms with Crippen LogP contribution in [0.2, 0.25) is 0 Å². The van der Waals surface area contributed by atoms with Gasteiger partial charge in [-0.3, -0.25) is 9.78 Å². The molecule has 0 N–H and O–H groups in total. The van der Waals surface area contributed by atoms with Gasteiger partial charge in [0.2, 0.25) is 5.91 Å². The first-order valence-corrected chi connectivity index (χ1v) is 12.6. The highest BCUT2D eigenvalue weighted by Crippen LogP contribution is 2.46. The number of piperidine rings is 1. The summed E-state index contributed by atoms with van der Waals surface area (Å²) in [5, 5.41) is 2.46. The quantitative estimate of drug-likeness (QED) is 0.523. The van der Waals surface area contributed by atoms with Crippen LogP contribution in [0.5, 0.6) is 0 Å².